The maximum atomic E-state index is 5.83. The van der Waals surface area contributed by atoms with Gasteiger partial charge in [-0.15, -0.1) is 0 Å². The number of nitrogens with one attached hydrogen (secondary N) is 1. The van der Waals surface area contributed by atoms with Crippen LogP contribution in [0.5, 0.6) is 0 Å². The first-order valence-electron chi connectivity index (χ1n) is 8.09. The second-order valence-corrected chi connectivity index (χ2v) is 6.40. The Hall–Kier alpha value is -0.800. The smallest absolute Gasteiger partial charge is 0.118 e. The molecule has 0 radical (unpaired) electrons. The summed E-state index contributed by atoms with van der Waals surface area (Å²) in [4.78, 5) is 2.51. The number of hydrogen-bond donors (Lipinski definition) is 1. The Bertz CT molecular complexity index is 405. The van der Waals surface area contributed by atoms with Crippen LogP contribution in [0.4, 0.5) is 0 Å². The van der Waals surface area contributed by atoms with Crippen molar-refractivity contribution < 1.29 is 4.42 Å². The molecule has 0 saturated heterocycles. The van der Waals surface area contributed by atoms with Gasteiger partial charge in [-0.05, 0) is 58.2 Å². The van der Waals surface area contributed by atoms with Crippen LogP contribution in [0.3, 0.4) is 0 Å². The molecular weight excluding hydrogens is 248 g/mol. The van der Waals surface area contributed by atoms with Crippen LogP contribution < -0.4 is 5.32 Å². The Morgan fingerprint density at radius 1 is 1.30 bits per heavy atom. The van der Waals surface area contributed by atoms with Crippen LogP contribution in [0.15, 0.2) is 10.5 Å². The van der Waals surface area contributed by atoms with E-state index in [0.29, 0.717) is 0 Å². The third-order valence-corrected chi connectivity index (χ3v) is 4.65. The summed E-state index contributed by atoms with van der Waals surface area (Å²) < 4.78 is 5.83. The summed E-state index contributed by atoms with van der Waals surface area (Å²) in [6, 6.07) is 2.97. The lowest BCUT2D eigenvalue weighted by molar-refractivity contribution is 0.163. The summed E-state index contributed by atoms with van der Waals surface area (Å²) in [5.74, 6) is 3.06. The normalized spacial score (nSPS) is 23.4. The van der Waals surface area contributed by atoms with Crippen molar-refractivity contribution in [2.45, 2.75) is 65.6 Å². The maximum Gasteiger partial charge on any atom is 0.118 e. The van der Waals surface area contributed by atoms with Crippen molar-refractivity contribution in [1.82, 2.24) is 10.2 Å². The van der Waals surface area contributed by atoms with Crippen molar-refractivity contribution in [1.29, 1.82) is 0 Å². The van der Waals surface area contributed by atoms with Crippen molar-refractivity contribution >= 4 is 0 Å². The highest BCUT2D eigenvalue weighted by Crippen LogP contribution is 2.28. The highest BCUT2D eigenvalue weighted by molar-refractivity contribution is 5.20. The van der Waals surface area contributed by atoms with Gasteiger partial charge in [0.15, 0.2) is 0 Å². The summed E-state index contributed by atoms with van der Waals surface area (Å²) in [6.07, 6.45) is 5.45. The van der Waals surface area contributed by atoms with Gasteiger partial charge >= 0.3 is 0 Å². The van der Waals surface area contributed by atoms with Gasteiger partial charge in [0.1, 0.15) is 11.5 Å². The Morgan fingerprint density at radius 3 is 2.65 bits per heavy atom. The maximum absolute atomic E-state index is 5.83. The van der Waals surface area contributed by atoms with Gasteiger partial charge in [-0.2, -0.15) is 0 Å². The van der Waals surface area contributed by atoms with Crippen molar-refractivity contribution in [3.8, 4) is 0 Å². The highest BCUT2D eigenvalue weighted by Gasteiger charge is 2.22. The molecule has 1 fully saturated rings. The number of rotatable bonds is 6. The minimum Gasteiger partial charge on any atom is -0.465 e. The molecule has 1 N–H and O–H groups in total. The second kappa shape index (κ2) is 7.28. The second-order valence-electron chi connectivity index (χ2n) is 6.40. The van der Waals surface area contributed by atoms with Crippen LogP contribution in [0, 0.1) is 12.8 Å². The van der Waals surface area contributed by atoms with E-state index in [1.165, 1.54) is 31.2 Å². The topological polar surface area (TPSA) is 28.4 Å². The highest BCUT2D eigenvalue weighted by atomic mass is 16.3. The Balaban J connectivity index is 1.90. The van der Waals surface area contributed by atoms with E-state index in [-0.39, 0.29) is 0 Å². The first-order chi connectivity index (χ1) is 9.60. The van der Waals surface area contributed by atoms with E-state index in [1.54, 1.807) is 0 Å². The molecule has 1 aliphatic carbocycles. The van der Waals surface area contributed by atoms with Crippen LogP contribution in [-0.2, 0) is 13.1 Å². The Labute approximate surface area is 123 Å². The zero-order valence-corrected chi connectivity index (χ0v) is 13.5. The van der Waals surface area contributed by atoms with Gasteiger partial charge in [-0.25, -0.2) is 0 Å². The fourth-order valence-electron chi connectivity index (χ4n) is 3.16. The van der Waals surface area contributed by atoms with E-state index in [4.69, 9.17) is 4.42 Å². The molecule has 3 nitrogen and oxygen atoms in total. The molecule has 1 aromatic rings. The minimum atomic E-state index is 0.748. The fraction of sp³-hybridized carbons (Fsp3) is 0.765. The molecule has 0 bridgehead atoms. The molecule has 2 rings (SSSR count). The summed E-state index contributed by atoms with van der Waals surface area (Å²) in [5.41, 5.74) is 1.35. The lowest BCUT2D eigenvalue weighted by atomic mass is 9.86. The van der Waals surface area contributed by atoms with Crippen LogP contribution in [-0.4, -0.2) is 24.5 Å². The number of furan rings is 1. The predicted octanol–water partition coefficient (Wildman–Crippen LogP) is 3.71. The molecule has 1 saturated carbocycles. The van der Waals surface area contributed by atoms with Crippen LogP contribution in [0.25, 0.3) is 0 Å². The molecule has 1 heterocycles. The van der Waals surface area contributed by atoms with Gasteiger partial charge in [0.25, 0.3) is 0 Å². The first kappa shape index (κ1) is 15.6. The molecule has 114 valence electrons. The van der Waals surface area contributed by atoms with Crippen LogP contribution in [0.2, 0.25) is 0 Å². The molecule has 1 aliphatic rings. The Kier molecular flexibility index (Phi) is 5.67. The average molecular weight is 278 g/mol. The largest absolute Gasteiger partial charge is 0.465 e. The lowest BCUT2D eigenvalue weighted by Gasteiger charge is -2.33. The minimum absolute atomic E-state index is 0.748. The van der Waals surface area contributed by atoms with E-state index in [0.717, 1.165) is 43.1 Å². The first-order valence-corrected chi connectivity index (χ1v) is 8.09. The van der Waals surface area contributed by atoms with Crippen molar-refractivity contribution in [2.75, 3.05) is 13.6 Å². The molecule has 0 amide bonds. The standard InChI is InChI=1S/C17H30N2O/c1-5-18-11-17-10-15(14(3)20-17)12-19(4)16-8-6-13(2)7-9-16/h10,13,16,18H,5-9,11-12H2,1-4H3. The molecular formula is C17H30N2O. The van der Waals surface area contributed by atoms with E-state index >= 15 is 0 Å². The van der Waals surface area contributed by atoms with Crippen LogP contribution in [0.1, 0.15) is 56.6 Å². The van der Waals surface area contributed by atoms with E-state index in [2.05, 4.69) is 44.1 Å². The van der Waals surface area contributed by atoms with Crippen molar-refractivity contribution in [2.24, 2.45) is 5.92 Å². The zero-order chi connectivity index (χ0) is 14.5. The SMILES string of the molecule is CCNCc1cc(CN(C)C2CCC(C)CC2)c(C)o1. The molecule has 1 aromatic heterocycles. The molecule has 20 heavy (non-hydrogen) atoms. The molecule has 0 atom stereocenters. The van der Waals surface area contributed by atoms with Gasteiger partial charge in [-0.3, -0.25) is 4.90 Å². The molecule has 3 heteroatoms. The van der Waals surface area contributed by atoms with E-state index in [9.17, 15) is 0 Å². The van der Waals surface area contributed by atoms with Gasteiger partial charge in [0.2, 0.25) is 0 Å². The van der Waals surface area contributed by atoms with Crippen molar-refractivity contribution in [3.63, 3.8) is 0 Å². The van der Waals surface area contributed by atoms with Gasteiger partial charge in [0, 0.05) is 18.2 Å². The molecule has 0 unspecified atom stereocenters. The van der Waals surface area contributed by atoms with Crippen molar-refractivity contribution in [3.05, 3.63) is 23.2 Å². The number of aryl methyl sites for hydroxylation is 1. The number of hydrogen-bond acceptors (Lipinski definition) is 3. The van der Waals surface area contributed by atoms with E-state index < -0.39 is 0 Å². The number of nitrogens with zero attached hydrogens (tertiary/aromatic N) is 1. The fourth-order valence-corrected chi connectivity index (χ4v) is 3.16. The lowest BCUT2D eigenvalue weighted by Crippen LogP contribution is -2.34. The quantitative estimate of drug-likeness (QED) is 0.860. The third kappa shape index (κ3) is 4.10. The molecule has 0 aliphatic heterocycles. The monoisotopic (exact) mass is 278 g/mol. The zero-order valence-electron chi connectivity index (χ0n) is 13.5. The summed E-state index contributed by atoms with van der Waals surface area (Å²) >= 11 is 0. The van der Waals surface area contributed by atoms with Gasteiger partial charge in [-0.1, -0.05) is 13.8 Å². The third-order valence-electron chi connectivity index (χ3n) is 4.65. The summed E-state index contributed by atoms with van der Waals surface area (Å²) in [6.45, 7) is 9.41. The van der Waals surface area contributed by atoms with E-state index in [1.807, 2.05) is 0 Å². The van der Waals surface area contributed by atoms with Gasteiger partial charge < -0.3 is 9.73 Å². The predicted molar refractivity (Wildman–Crippen MR) is 83.7 cm³/mol. The summed E-state index contributed by atoms with van der Waals surface area (Å²) in [7, 11) is 2.26. The summed E-state index contributed by atoms with van der Waals surface area (Å²) in [5, 5.41) is 3.32. The van der Waals surface area contributed by atoms with Crippen LogP contribution >= 0.6 is 0 Å². The molecule has 0 spiro atoms. The average Bonchev–Trinajstić information content (AvgIpc) is 2.77. The molecule has 0 aromatic carbocycles. The van der Waals surface area contributed by atoms with Gasteiger partial charge in [0.05, 0.1) is 6.54 Å². The Morgan fingerprint density at radius 2 is 2.00 bits per heavy atom.